The van der Waals surface area contributed by atoms with E-state index in [1.54, 1.807) is 37.5 Å². The van der Waals surface area contributed by atoms with Crippen LogP contribution in [0.3, 0.4) is 0 Å². The summed E-state index contributed by atoms with van der Waals surface area (Å²) in [6.45, 7) is 0. The Kier molecular flexibility index (Phi) is 9.96. The normalized spacial score (nSPS) is 14.0. The Balaban J connectivity index is 0.00000387. The molecule has 41 heavy (non-hydrogen) atoms. The monoisotopic (exact) mass is 614 g/mol. The van der Waals surface area contributed by atoms with Gasteiger partial charge in [-0.2, -0.15) is 4.99 Å². The molecule has 0 spiro atoms. The quantitative estimate of drug-likeness (QED) is 0.216. The number of rotatable bonds is 7. The number of nitrogens with zero attached hydrogens (tertiary/aromatic N) is 1. The molecular weight excluding hydrogens is 593 g/mol. The topological polar surface area (TPSA) is 114 Å². The fraction of sp³-hybridized carbons (Fsp3) is 0.0690. The molecule has 0 saturated carbocycles. The second-order valence-electron chi connectivity index (χ2n) is 8.79. The molecule has 0 unspecified atom stereocenters. The van der Waals surface area contributed by atoms with Crippen molar-refractivity contribution in [2.24, 2.45) is 4.99 Å². The number of aliphatic imine (C=N–C) groups is 1. The summed E-state index contributed by atoms with van der Waals surface area (Å²) in [7, 11) is -2.37. The van der Waals surface area contributed by atoms with E-state index in [1.807, 2.05) is 36.4 Å². The summed E-state index contributed by atoms with van der Waals surface area (Å²) in [5.74, 6) is -0.222. The Labute approximate surface area is 268 Å². The number of amidine groups is 1. The molecule has 1 aliphatic rings. The molecule has 1 heterocycles. The summed E-state index contributed by atoms with van der Waals surface area (Å²) in [5, 5.41) is 5.99. The fourth-order valence-electron chi connectivity index (χ4n) is 3.95. The molecule has 0 atom stereocenters. The maximum Gasteiger partial charge on any atom is 0.286 e. The number of fused-ring (bicyclic) bond motifs is 1. The number of carbonyl (C=O) groups is 2. The van der Waals surface area contributed by atoms with E-state index < -0.39 is 15.9 Å². The number of benzene rings is 4. The molecule has 0 saturated heterocycles. The number of hydrogen-bond acceptors (Lipinski definition) is 7. The molecule has 2 amide bonds. The average molecular weight is 615 g/mol. The van der Waals surface area contributed by atoms with E-state index in [0.717, 1.165) is 22.1 Å². The van der Waals surface area contributed by atoms with Gasteiger partial charge in [-0.3, -0.25) is 9.59 Å². The van der Waals surface area contributed by atoms with E-state index in [2.05, 4.69) is 15.0 Å². The molecule has 1 radical (unpaired) electrons. The maximum absolute atomic E-state index is 12.5. The third-order valence-electron chi connectivity index (χ3n) is 5.93. The Bertz CT molecular complexity index is 1790. The van der Waals surface area contributed by atoms with Crippen molar-refractivity contribution in [2.75, 3.05) is 12.4 Å². The molecule has 2 N–H and O–H groups in total. The number of amides is 2. The van der Waals surface area contributed by atoms with Crippen molar-refractivity contribution >= 4 is 102 Å². The molecule has 0 fully saturated rings. The number of halogens is 1. The Morgan fingerprint density at radius 3 is 2.37 bits per heavy atom. The van der Waals surface area contributed by atoms with Gasteiger partial charge in [0.05, 0.1) is 23.3 Å². The second kappa shape index (κ2) is 13.2. The zero-order valence-corrected chi connectivity index (χ0v) is 26.4. The minimum atomic E-state index is -4.00. The third-order valence-corrected chi connectivity index (χ3v) is 8.47. The van der Waals surface area contributed by atoms with E-state index in [9.17, 15) is 18.0 Å². The van der Waals surface area contributed by atoms with Crippen LogP contribution in [0.5, 0.6) is 5.75 Å². The van der Waals surface area contributed by atoms with Gasteiger partial charge in [-0.1, -0.05) is 41.9 Å². The van der Waals surface area contributed by atoms with Crippen molar-refractivity contribution < 1.29 is 22.7 Å². The molecule has 4 aromatic rings. The summed E-state index contributed by atoms with van der Waals surface area (Å²) >= 11 is 7.03. The number of carbonyl (C=O) groups excluding carboxylic acids is 2. The van der Waals surface area contributed by atoms with Crippen molar-refractivity contribution in [1.29, 1.82) is 0 Å². The molecule has 203 valence electrons. The number of methoxy groups -OCH3 is 1. The van der Waals surface area contributed by atoms with Crippen molar-refractivity contribution in [3.8, 4) is 5.75 Å². The number of thioether (sulfide) groups is 1. The van der Waals surface area contributed by atoms with Gasteiger partial charge in [0.25, 0.3) is 15.9 Å². The number of ether oxygens (including phenoxy) is 1. The maximum atomic E-state index is 12.5. The molecule has 0 aromatic heterocycles. The first-order chi connectivity index (χ1) is 19.2. The van der Waals surface area contributed by atoms with E-state index in [-0.39, 0.29) is 46.8 Å². The Hall–Kier alpha value is -3.12. The number of nitrogens with one attached hydrogen (secondary N) is 2. The largest absolute Gasteiger partial charge is 0.497 e. The van der Waals surface area contributed by atoms with Crippen LogP contribution in [0.25, 0.3) is 16.8 Å². The Morgan fingerprint density at radius 1 is 0.976 bits per heavy atom. The standard InChI is InChI=1S/C29H22ClN3O5S2.Na/c1-38-24-11-6-20-14-19(2-5-21(20)17-24)15-26-28(35)32-29(39-26)31-23-9-3-18(4-10-23)16-27(34)33-40(36,37)25-12-7-22(30)8-13-25;/h2-15,17H,16H2,1H3,(H,33,34)(H,31,32,35);. The van der Waals surface area contributed by atoms with Crippen LogP contribution in [0.4, 0.5) is 5.69 Å². The van der Waals surface area contributed by atoms with Crippen LogP contribution in [0, 0.1) is 0 Å². The van der Waals surface area contributed by atoms with Crippen LogP contribution < -0.4 is 14.8 Å². The minimum absolute atomic E-state index is 0. The van der Waals surface area contributed by atoms with Gasteiger partial charge in [0.2, 0.25) is 5.91 Å². The van der Waals surface area contributed by atoms with E-state index in [4.69, 9.17) is 16.3 Å². The molecule has 0 bridgehead atoms. The van der Waals surface area contributed by atoms with Crippen LogP contribution in [-0.2, 0) is 26.0 Å². The SMILES string of the molecule is COc1ccc2cc(C=C3SC(Nc4ccc(CC(=O)NS(=O)(=O)c5ccc(Cl)cc5)cc4)=NC3=O)ccc2c1.[Na]. The van der Waals surface area contributed by atoms with E-state index in [1.165, 1.54) is 36.0 Å². The molecule has 4 aromatic carbocycles. The van der Waals surface area contributed by atoms with Crippen molar-refractivity contribution in [3.05, 3.63) is 106 Å². The molecular formula is C29H22ClN3NaO5S2. The van der Waals surface area contributed by atoms with Gasteiger partial charge in [0, 0.05) is 40.3 Å². The van der Waals surface area contributed by atoms with Crippen LogP contribution >= 0.6 is 23.4 Å². The smallest absolute Gasteiger partial charge is 0.286 e. The van der Waals surface area contributed by atoms with Crippen molar-refractivity contribution in [3.63, 3.8) is 0 Å². The predicted octanol–water partition coefficient (Wildman–Crippen LogP) is 5.25. The van der Waals surface area contributed by atoms with E-state index >= 15 is 0 Å². The van der Waals surface area contributed by atoms with Crippen LogP contribution in [0.1, 0.15) is 11.1 Å². The zero-order valence-electron chi connectivity index (χ0n) is 22.1. The van der Waals surface area contributed by atoms with Crippen molar-refractivity contribution in [2.45, 2.75) is 11.3 Å². The summed E-state index contributed by atoms with van der Waals surface area (Å²) in [4.78, 5) is 29.4. The first kappa shape index (κ1) is 30.8. The third kappa shape index (κ3) is 7.79. The number of sulfonamides is 1. The number of anilines is 1. The van der Waals surface area contributed by atoms with E-state index in [0.29, 0.717) is 26.3 Å². The fourth-order valence-corrected chi connectivity index (χ4v) is 5.89. The minimum Gasteiger partial charge on any atom is -0.497 e. The van der Waals surface area contributed by atoms with Gasteiger partial charge in [0.1, 0.15) is 5.75 Å². The van der Waals surface area contributed by atoms with Gasteiger partial charge < -0.3 is 10.1 Å². The van der Waals surface area contributed by atoms with Crippen LogP contribution in [0.2, 0.25) is 5.02 Å². The zero-order chi connectivity index (χ0) is 28.3. The average Bonchev–Trinajstić information content (AvgIpc) is 3.27. The number of hydrogen-bond donors (Lipinski definition) is 2. The first-order valence-electron chi connectivity index (χ1n) is 12.0. The molecule has 8 nitrogen and oxygen atoms in total. The first-order valence-corrected chi connectivity index (χ1v) is 14.6. The van der Waals surface area contributed by atoms with Gasteiger partial charge in [-0.05, 0) is 94.3 Å². The molecule has 0 aliphatic carbocycles. The molecule has 5 rings (SSSR count). The van der Waals surface area contributed by atoms with Crippen molar-refractivity contribution in [1.82, 2.24) is 4.72 Å². The molecule has 1 aliphatic heterocycles. The summed E-state index contributed by atoms with van der Waals surface area (Å²) in [6, 6.07) is 24.1. The van der Waals surface area contributed by atoms with Gasteiger partial charge in [0.15, 0.2) is 5.17 Å². The van der Waals surface area contributed by atoms with Crippen LogP contribution in [-0.4, -0.2) is 62.1 Å². The second-order valence-corrected chi connectivity index (χ2v) is 11.9. The van der Waals surface area contributed by atoms with Gasteiger partial charge in [-0.25, -0.2) is 13.1 Å². The predicted molar refractivity (Wildman–Crippen MR) is 165 cm³/mol. The molecule has 12 heteroatoms. The van der Waals surface area contributed by atoms with Crippen LogP contribution in [0.15, 0.2) is 99.7 Å². The summed E-state index contributed by atoms with van der Waals surface area (Å²) in [6.07, 6.45) is 1.67. The Morgan fingerprint density at radius 2 is 1.66 bits per heavy atom. The summed E-state index contributed by atoms with van der Waals surface area (Å²) in [5.41, 5.74) is 2.16. The van der Waals surface area contributed by atoms with Gasteiger partial charge in [-0.15, -0.1) is 0 Å². The summed E-state index contributed by atoms with van der Waals surface area (Å²) < 4.78 is 32.1. The van der Waals surface area contributed by atoms with Gasteiger partial charge >= 0.3 is 0 Å².